The lowest BCUT2D eigenvalue weighted by Crippen LogP contribution is -2.43. The minimum atomic E-state index is -0.754. The Morgan fingerprint density at radius 3 is 2.45 bits per heavy atom. The van der Waals surface area contributed by atoms with E-state index in [9.17, 15) is 19.2 Å². The van der Waals surface area contributed by atoms with Gasteiger partial charge in [0, 0.05) is 12.0 Å². The van der Waals surface area contributed by atoms with Crippen molar-refractivity contribution in [1.82, 2.24) is 16.2 Å². The highest BCUT2D eigenvalue weighted by Gasteiger charge is 2.33. The molecule has 3 N–H and O–H groups in total. The molecule has 0 spiro atoms. The van der Waals surface area contributed by atoms with Gasteiger partial charge in [-0.05, 0) is 12.1 Å². The Balaban J connectivity index is 1.80. The third kappa shape index (κ3) is 3.58. The lowest BCUT2D eigenvalue weighted by atomic mass is 10.2. The van der Waals surface area contributed by atoms with Crippen LogP contribution in [0, 0.1) is 0 Å². The molecule has 1 fully saturated rings. The summed E-state index contributed by atoms with van der Waals surface area (Å²) in [6, 6.07) is 8.35. The van der Waals surface area contributed by atoms with Gasteiger partial charge in [-0.3, -0.25) is 35.3 Å². The van der Waals surface area contributed by atoms with Gasteiger partial charge >= 0.3 is 0 Å². The summed E-state index contributed by atoms with van der Waals surface area (Å²) in [5.74, 6) is -1.50. The van der Waals surface area contributed by atoms with Crippen molar-refractivity contribution >= 4 is 34.7 Å². The van der Waals surface area contributed by atoms with Crippen molar-refractivity contribution in [2.75, 3.05) is 0 Å². The van der Waals surface area contributed by atoms with Gasteiger partial charge in [-0.1, -0.05) is 30.0 Å². The zero-order valence-corrected chi connectivity index (χ0v) is 11.0. The highest BCUT2D eigenvalue weighted by Crippen LogP contribution is 2.21. The van der Waals surface area contributed by atoms with Gasteiger partial charge in [0.25, 0.3) is 11.1 Å². The van der Waals surface area contributed by atoms with Crippen molar-refractivity contribution in [3.8, 4) is 0 Å². The van der Waals surface area contributed by atoms with E-state index in [-0.39, 0.29) is 6.42 Å². The molecule has 0 unspecified atom stereocenters. The summed E-state index contributed by atoms with van der Waals surface area (Å²) in [7, 11) is 0. The summed E-state index contributed by atoms with van der Waals surface area (Å²) in [4.78, 5) is 45.4. The fourth-order valence-corrected chi connectivity index (χ4v) is 2.35. The number of imide groups is 1. The second kappa shape index (κ2) is 6.20. The van der Waals surface area contributed by atoms with E-state index in [1.807, 2.05) is 0 Å². The van der Waals surface area contributed by atoms with Crippen molar-refractivity contribution in [3.05, 3.63) is 35.9 Å². The number of carbonyl (C=O) groups excluding carboxylic acids is 4. The van der Waals surface area contributed by atoms with E-state index in [1.54, 1.807) is 30.3 Å². The highest BCUT2D eigenvalue weighted by atomic mass is 32.2. The molecule has 0 radical (unpaired) electrons. The lowest BCUT2D eigenvalue weighted by Gasteiger charge is -2.08. The minimum Gasteiger partial charge on any atom is -0.286 e. The summed E-state index contributed by atoms with van der Waals surface area (Å²) in [6.07, 6.45) is -0.183. The Hall–Kier alpha value is -2.35. The van der Waals surface area contributed by atoms with Crippen molar-refractivity contribution in [1.29, 1.82) is 0 Å². The Morgan fingerprint density at radius 1 is 1.15 bits per heavy atom. The number of carbonyl (C=O) groups is 4. The standard InChI is InChI=1S/C12H11N3O4S/c16-9(6-8-11(18)13-12(19)20-8)14-15-10(17)7-4-2-1-3-5-7/h1-5,8H,6H2,(H,14,16)(H,15,17)(H,13,18,19)/t8-/m1/s1. The minimum absolute atomic E-state index is 0.183. The van der Waals surface area contributed by atoms with Crippen LogP contribution in [0.2, 0.25) is 0 Å². The molecule has 1 aromatic rings. The van der Waals surface area contributed by atoms with Crippen molar-refractivity contribution in [2.24, 2.45) is 0 Å². The molecule has 1 atom stereocenters. The maximum atomic E-state index is 11.6. The highest BCUT2D eigenvalue weighted by molar-refractivity contribution is 8.15. The molecule has 8 heteroatoms. The van der Waals surface area contributed by atoms with Crippen LogP contribution in [0.25, 0.3) is 0 Å². The number of hydrazine groups is 1. The van der Waals surface area contributed by atoms with E-state index >= 15 is 0 Å². The smallest absolute Gasteiger partial charge is 0.286 e. The van der Waals surface area contributed by atoms with E-state index in [0.29, 0.717) is 5.56 Å². The largest absolute Gasteiger partial charge is 0.286 e. The number of thioether (sulfide) groups is 1. The zero-order chi connectivity index (χ0) is 14.5. The lowest BCUT2D eigenvalue weighted by molar-refractivity contribution is -0.125. The fraction of sp³-hybridized carbons (Fsp3) is 0.167. The topological polar surface area (TPSA) is 104 Å². The molecule has 2 rings (SSSR count). The van der Waals surface area contributed by atoms with Crippen LogP contribution in [0.15, 0.2) is 30.3 Å². The molecule has 20 heavy (non-hydrogen) atoms. The molecule has 0 aliphatic carbocycles. The maximum absolute atomic E-state index is 11.6. The quantitative estimate of drug-likeness (QED) is 0.690. The maximum Gasteiger partial charge on any atom is 0.286 e. The fourth-order valence-electron chi connectivity index (χ4n) is 1.54. The second-order valence-corrected chi connectivity index (χ2v) is 5.13. The Morgan fingerprint density at radius 2 is 1.85 bits per heavy atom. The van der Waals surface area contributed by atoms with Gasteiger partial charge in [0.05, 0.1) is 0 Å². The zero-order valence-electron chi connectivity index (χ0n) is 10.2. The first-order valence-corrected chi connectivity index (χ1v) is 6.60. The van der Waals surface area contributed by atoms with Crippen LogP contribution < -0.4 is 16.2 Å². The van der Waals surface area contributed by atoms with Gasteiger partial charge in [0.2, 0.25) is 11.8 Å². The number of rotatable bonds is 3. The number of hydrogen-bond donors (Lipinski definition) is 3. The summed E-state index contributed by atoms with van der Waals surface area (Å²) in [6.45, 7) is 0. The van der Waals surface area contributed by atoms with Crippen LogP contribution in [-0.4, -0.2) is 28.2 Å². The van der Waals surface area contributed by atoms with Crippen LogP contribution in [0.5, 0.6) is 0 Å². The third-order valence-corrected chi connectivity index (χ3v) is 3.47. The van der Waals surface area contributed by atoms with Crippen molar-refractivity contribution in [3.63, 3.8) is 0 Å². The van der Waals surface area contributed by atoms with E-state index in [1.165, 1.54) is 0 Å². The second-order valence-electron chi connectivity index (χ2n) is 3.96. The van der Waals surface area contributed by atoms with Gasteiger partial charge in [-0.15, -0.1) is 0 Å². The van der Waals surface area contributed by atoms with Crippen LogP contribution in [0.3, 0.4) is 0 Å². The third-order valence-electron chi connectivity index (χ3n) is 2.49. The molecule has 104 valence electrons. The normalized spacial score (nSPS) is 17.5. The first kappa shape index (κ1) is 14.1. The number of hydrogen-bond acceptors (Lipinski definition) is 5. The molecule has 1 aliphatic rings. The predicted molar refractivity (Wildman–Crippen MR) is 71.6 cm³/mol. The molecule has 0 aromatic heterocycles. The average Bonchev–Trinajstić information content (AvgIpc) is 2.75. The van der Waals surface area contributed by atoms with Gasteiger partial charge in [-0.2, -0.15) is 0 Å². The number of benzene rings is 1. The van der Waals surface area contributed by atoms with E-state index in [0.717, 1.165) is 11.8 Å². The monoisotopic (exact) mass is 293 g/mol. The van der Waals surface area contributed by atoms with Crippen LogP contribution in [-0.2, 0) is 9.59 Å². The SMILES string of the molecule is O=C(C[C@H]1SC(=O)NC1=O)NNC(=O)c1ccccc1. The van der Waals surface area contributed by atoms with Crippen LogP contribution in [0.1, 0.15) is 16.8 Å². The van der Waals surface area contributed by atoms with Gasteiger partial charge in [0.15, 0.2) is 0 Å². The summed E-state index contributed by atoms with van der Waals surface area (Å²) < 4.78 is 0. The molecular weight excluding hydrogens is 282 g/mol. The van der Waals surface area contributed by atoms with E-state index in [2.05, 4.69) is 16.2 Å². The van der Waals surface area contributed by atoms with Gasteiger partial charge in [0.1, 0.15) is 5.25 Å². The molecule has 4 amide bonds. The van der Waals surface area contributed by atoms with E-state index < -0.39 is 28.2 Å². The Bertz CT molecular complexity index is 561. The average molecular weight is 293 g/mol. The number of amides is 4. The van der Waals surface area contributed by atoms with Crippen molar-refractivity contribution in [2.45, 2.75) is 11.7 Å². The predicted octanol–water partition coefficient (Wildman–Crippen LogP) is 0.189. The summed E-state index contributed by atoms with van der Waals surface area (Å²) in [5.41, 5.74) is 4.83. The first-order valence-electron chi connectivity index (χ1n) is 5.72. The molecule has 1 aromatic carbocycles. The Labute approximate surface area is 118 Å². The summed E-state index contributed by atoms with van der Waals surface area (Å²) >= 11 is 0.760. The molecule has 0 bridgehead atoms. The molecule has 7 nitrogen and oxygen atoms in total. The van der Waals surface area contributed by atoms with Crippen molar-refractivity contribution < 1.29 is 19.2 Å². The van der Waals surface area contributed by atoms with Gasteiger partial charge in [-0.25, -0.2) is 0 Å². The molecular formula is C12H11N3O4S. The molecule has 1 heterocycles. The Kier molecular flexibility index (Phi) is 4.36. The van der Waals surface area contributed by atoms with Crippen LogP contribution >= 0.6 is 11.8 Å². The first-order chi connectivity index (χ1) is 9.56. The van der Waals surface area contributed by atoms with Gasteiger partial charge < -0.3 is 0 Å². The number of nitrogens with one attached hydrogen (secondary N) is 3. The summed E-state index contributed by atoms with van der Waals surface area (Å²) in [5, 5.41) is 0.856. The molecule has 1 saturated heterocycles. The molecule has 0 saturated carbocycles. The van der Waals surface area contributed by atoms with Crippen LogP contribution in [0.4, 0.5) is 4.79 Å². The van der Waals surface area contributed by atoms with E-state index in [4.69, 9.17) is 0 Å². The molecule has 1 aliphatic heterocycles.